The van der Waals surface area contributed by atoms with Crippen molar-refractivity contribution >= 4 is 23.2 Å². The zero-order chi connectivity index (χ0) is 17.4. The summed E-state index contributed by atoms with van der Waals surface area (Å²) in [7, 11) is 1.91. The van der Waals surface area contributed by atoms with E-state index in [0.717, 1.165) is 29.1 Å². The minimum Gasteiger partial charge on any atom is -0.320 e. The average molecular weight is 354 g/mol. The first-order valence-corrected chi connectivity index (χ1v) is 8.37. The molecule has 0 unspecified atom stereocenters. The van der Waals surface area contributed by atoms with Gasteiger partial charge in [0.25, 0.3) is 5.91 Å². The lowest BCUT2D eigenvalue weighted by Gasteiger charge is -2.28. The number of aryl methyl sites for hydroxylation is 1. The van der Waals surface area contributed by atoms with Crippen molar-refractivity contribution in [1.82, 2.24) is 19.7 Å². The summed E-state index contributed by atoms with van der Waals surface area (Å²) in [6.07, 6.45) is 6.57. The number of halogens is 1. The van der Waals surface area contributed by atoms with Crippen molar-refractivity contribution in [2.75, 3.05) is 11.4 Å². The highest BCUT2D eigenvalue weighted by Crippen LogP contribution is 2.27. The SMILES string of the molecule is Cn1cnnc1Cc1cncc(N2CCc3cc(Cl)ccc3C2=O)c1. The number of amides is 1. The molecule has 0 radical (unpaired) electrons. The number of pyridine rings is 1. The Kier molecular flexibility index (Phi) is 3.97. The van der Waals surface area contributed by atoms with Crippen LogP contribution in [0.25, 0.3) is 0 Å². The van der Waals surface area contributed by atoms with Crippen molar-refractivity contribution in [1.29, 1.82) is 0 Å². The molecule has 0 saturated carbocycles. The second-order valence-corrected chi connectivity index (χ2v) is 6.53. The monoisotopic (exact) mass is 353 g/mol. The van der Waals surface area contributed by atoms with Gasteiger partial charge in [-0.05, 0) is 41.8 Å². The Morgan fingerprint density at radius 3 is 2.92 bits per heavy atom. The van der Waals surface area contributed by atoms with Crippen LogP contribution in [0.5, 0.6) is 0 Å². The van der Waals surface area contributed by atoms with E-state index in [1.165, 1.54) is 0 Å². The van der Waals surface area contributed by atoms with E-state index in [-0.39, 0.29) is 5.91 Å². The number of benzene rings is 1. The van der Waals surface area contributed by atoms with Gasteiger partial charge in [-0.1, -0.05) is 11.6 Å². The maximum absolute atomic E-state index is 12.8. The van der Waals surface area contributed by atoms with Crippen LogP contribution in [0.4, 0.5) is 5.69 Å². The molecule has 1 aliphatic heterocycles. The maximum Gasteiger partial charge on any atom is 0.258 e. The van der Waals surface area contributed by atoms with Crippen LogP contribution in [0.1, 0.15) is 27.3 Å². The van der Waals surface area contributed by atoms with E-state index in [1.807, 2.05) is 23.7 Å². The molecule has 0 saturated heterocycles. The van der Waals surface area contributed by atoms with Crippen LogP contribution in [0.15, 0.2) is 43.0 Å². The predicted molar refractivity (Wildman–Crippen MR) is 94.9 cm³/mol. The lowest BCUT2D eigenvalue weighted by molar-refractivity contribution is 0.0980. The van der Waals surface area contributed by atoms with Gasteiger partial charge in [-0.3, -0.25) is 9.78 Å². The van der Waals surface area contributed by atoms with E-state index in [2.05, 4.69) is 15.2 Å². The summed E-state index contributed by atoms with van der Waals surface area (Å²) in [6, 6.07) is 7.41. The number of carbonyl (C=O) groups excluding carboxylic acids is 1. The zero-order valence-corrected chi connectivity index (χ0v) is 14.4. The summed E-state index contributed by atoms with van der Waals surface area (Å²) in [5.41, 5.74) is 3.49. The lowest BCUT2D eigenvalue weighted by Crippen LogP contribution is -2.37. The van der Waals surface area contributed by atoms with Crippen molar-refractivity contribution in [3.63, 3.8) is 0 Å². The molecule has 1 amide bonds. The van der Waals surface area contributed by atoms with Crippen LogP contribution >= 0.6 is 11.6 Å². The van der Waals surface area contributed by atoms with E-state index in [4.69, 9.17) is 11.6 Å². The molecule has 0 spiro atoms. The summed E-state index contributed by atoms with van der Waals surface area (Å²) in [5, 5.41) is 8.65. The maximum atomic E-state index is 12.8. The van der Waals surface area contributed by atoms with Crippen molar-refractivity contribution in [2.45, 2.75) is 12.8 Å². The van der Waals surface area contributed by atoms with Gasteiger partial charge in [-0.2, -0.15) is 0 Å². The highest BCUT2D eigenvalue weighted by atomic mass is 35.5. The predicted octanol–water partition coefficient (Wildman–Crippen LogP) is 2.66. The van der Waals surface area contributed by atoms with Crippen LogP contribution in [-0.2, 0) is 19.9 Å². The summed E-state index contributed by atoms with van der Waals surface area (Å²) < 4.78 is 1.87. The van der Waals surface area contributed by atoms with Crippen molar-refractivity contribution < 1.29 is 4.79 Å². The van der Waals surface area contributed by atoms with E-state index < -0.39 is 0 Å². The molecule has 3 aromatic rings. The quantitative estimate of drug-likeness (QED) is 0.726. The first-order chi connectivity index (χ1) is 12.1. The standard InChI is InChI=1S/C18H16ClN5O/c1-23-11-21-22-17(23)7-12-6-15(10-20-9-12)24-5-4-13-8-14(19)2-3-16(13)18(24)25/h2-3,6,8-11H,4-5,7H2,1H3. The van der Waals surface area contributed by atoms with Crippen LogP contribution in [0.3, 0.4) is 0 Å². The molecular formula is C18H16ClN5O. The summed E-state index contributed by atoms with van der Waals surface area (Å²) >= 11 is 6.03. The van der Waals surface area contributed by atoms with Crippen molar-refractivity contribution in [3.8, 4) is 0 Å². The number of aromatic nitrogens is 4. The van der Waals surface area contributed by atoms with E-state index in [1.54, 1.807) is 35.8 Å². The fourth-order valence-electron chi connectivity index (χ4n) is 3.07. The molecule has 1 aliphatic rings. The van der Waals surface area contributed by atoms with Crippen molar-refractivity contribution in [2.24, 2.45) is 7.05 Å². The average Bonchev–Trinajstić information content (AvgIpc) is 3.00. The number of anilines is 1. The third-order valence-corrected chi connectivity index (χ3v) is 4.64. The normalized spacial score (nSPS) is 13.8. The topological polar surface area (TPSA) is 63.9 Å². The molecule has 7 heteroatoms. The molecule has 4 rings (SSSR count). The lowest BCUT2D eigenvalue weighted by atomic mass is 9.98. The van der Waals surface area contributed by atoms with Crippen LogP contribution in [0.2, 0.25) is 5.02 Å². The first kappa shape index (κ1) is 15.8. The molecule has 0 bridgehead atoms. The van der Waals surface area contributed by atoms with Crippen LogP contribution in [-0.4, -0.2) is 32.2 Å². The van der Waals surface area contributed by atoms with Gasteiger partial charge in [0.1, 0.15) is 12.2 Å². The molecule has 1 aromatic carbocycles. The molecule has 0 atom stereocenters. The van der Waals surface area contributed by atoms with Gasteiger partial charge in [0.15, 0.2) is 0 Å². The first-order valence-electron chi connectivity index (χ1n) is 7.99. The molecule has 0 N–H and O–H groups in total. The number of hydrogen-bond acceptors (Lipinski definition) is 4. The van der Waals surface area contributed by atoms with E-state index >= 15 is 0 Å². The minimum atomic E-state index is -0.0180. The molecule has 2 aromatic heterocycles. The Hall–Kier alpha value is -2.73. The van der Waals surface area contributed by atoms with Gasteiger partial charge < -0.3 is 9.47 Å². The number of fused-ring (bicyclic) bond motifs is 1. The van der Waals surface area contributed by atoms with Gasteiger partial charge in [-0.25, -0.2) is 0 Å². The van der Waals surface area contributed by atoms with Gasteiger partial charge in [0.2, 0.25) is 0 Å². The summed E-state index contributed by atoms with van der Waals surface area (Å²) in [4.78, 5) is 18.9. The second kappa shape index (κ2) is 6.29. The molecule has 3 heterocycles. The fourth-order valence-corrected chi connectivity index (χ4v) is 3.27. The Bertz CT molecular complexity index is 952. The summed E-state index contributed by atoms with van der Waals surface area (Å²) in [5.74, 6) is 0.833. The Labute approximate surface area is 150 Å². The third kappa shape index (κ3) is 3.00. The largest absolute Gasteiger partial charge is 0.320 e. The van der Waals surface area contributed by atoms with Gasteiger partial charge >= 0.3 is 0 Å². The van der Waals surface area contributed by atoms with Gasteiger partial charge in [-0.15, -0.1) is 10.2 Å². The van der Waals surface area contributed by atoms with E-state index in [9.17, 15) is 4.79 Å². The molecule has 0 aliphatic carbocycles. The number of rotatable bonds is 3. The molecule has 0 fully saturated rings. The van der Waals surface area contributed by atoms with Crippen molar-refractivity contribution in [3.05, 3.63) is 70.5 Å². The Morgan fingerprint density at radius 1 is 1.24 bits per heavy atom. The number of hydrogen-bond donors (Lipinski definition) is 0. The zero-order valence-electron chi connectivity index (χ0n) is 13.7. The molecule has 25 heavy (non-hydrogen) atoms. The fraction of sp³-hybridized carbons (Fsp3) is 0.222. The smallest absolute Gasteiger partial charge is 0.258 e. The Balaban J connectivity index is 1.62. The van der Waals surface area contributed by atoms with Gasteiger partial charge in [0, 0.05) is 36.8 Å². The third-order valence-electron chi connectivity index (χ3n) is 4.41. The number of nitrogens with zero attached hydrogens (tertiary/aromatic N) is 5. The minimum absolute atomic E-state index is 0.0180. The molecular weight excluding hydrogens is 338 g/mol. The number of carbonyl (C=O) groups is 1. The highest BCUT2D eigenvalue weighted by molar-refractivity contribution is 6.30. The second-order valence-electron chi connectivity index (χ2n) is 6.09. The van der Waals surface area contributed by atoms with Crippen LogP contribution in [0, 0.1) is 0 Å². The van der Waals surface area contributed by atoms with Crippen LogP contribution < -0.4 is 4.90 Å². The highest BCUT2D eigenvalue weighted by Gasteiger charge is 2.26. The Morgan fingerprint density at radius 2 is 2.12 bits per heavy atom. The summed E-state index contributed by atoms with van der Waals surface area (Å²) in [6.45, 7) is 0.612. The van der Waals surface area contributed by atoms with Gasteiger partial charge in [0.05, 0.1) is 11.9 Å². The molecule has 6 nitrogen and oxygen atoms in total. The van der Waals surface area contributed by atoms with E-state index in [0.29, 0.717) is 23.6 Å². The molecule has 126 valence electrons.